The second-order valence-electron chi connectivity index (χ2n) is 9.94. The van der Waals surface area contributed by atoms with E-state index < -0.39 is 0 Å². The van der Waals surface area contributed by atoms with Crippen molar-refractivity contribution in [1.29, 1.82) is 0 Å². The van der Waals surface area contributed by atoms with Crippen LogP contribution in [0.4, 0.5) is 0 Å². The molecule has 2 saturated carbocycles. The third kappa shape index (κ3) is 5.48. The lowest BCUT2D eigenvalue weighted by atomic mass is 9.67. The summed E-state index contributed by atoms with van der Waals surface area (Å²) in [6.45, 7) is 5.22. The van der Waals surface area contributed by atoms with E-state index in [1.165, 1.54) is 68.9 Å². The molecule has 0 heterocycles. The fraction of sp³-hybridized carbons (Fsp3) is 0.586. The number of ether oxygens (including phenoxy) is 1. The van der Waals surface area contributed by atoms with E-state index >= 15 is 0 Å². The molecule has 1 heteroatoms. The predicted molar refractivity (Wildman–Crippen MR) is 127 cm³/mol. The monoisotopic (exact) mass is 404 g/mol. The Hall–Kier alpha value is -1.76. The summed E-state index contributed by atoms with van der Waals surface area (Å²) in [5.74, 6) is 5.40. The largest absolute Gasteiger partial charge is 0.494 e. The van der Waals surface area contributed by atoms with E-state index in [1.807, 2.05) is 6.92 Å². The average Bonchev–Trinajstić information content (AvgIpc) is 2.81. The lowest BCUT2D eigenvalue weighted by molar-refractivity contribution is 0.154. The van der Waals surface area contributed by atoms with Gasteiger partial charge in [0.15, 0.2) is 0 Å². The molecule has 0 amide bonds. The molecular formula is C29H40O. The van der Waals surface area contributed by atoms with Crippen LogP contribution >= 0.6 is 0 Å². The van der Waals surface area contributed by atoms with Crippen LogP contribution in [0.1, 0.15) is 94.6 Å². The summed E-state index contributed by atoms with van der Waals surface area (Å²) in [5.41, 5.74) is 3.04. The molecule has 1 nitrogen and oxygen atoms in total. The highest BCUT2D eigenvalue weighted by Crippen LogP contribution is 2.45. The maximum atomic E-state index is 5.60. The van der Waals surface area contributed by atoms with Gasteiger partial charge in [0.05, 0.1) is 6.61 Å². The molecule has 2 aliphatic rings. The molecule has 1 atom stereocenters. The third-order valence-corrected chi connectivity index (χ3v) is 8.05. The van der Waals surface area contributed by atoms with Gasteiger partial charge in [0, 0.05) is 0 Å². The van der Waals surface area contributed by atoms with Crippen molar-refractivity contribution in [3.8, 4) is 5.75 Å². The Morgan fingerprint density at radius 3 is 1.97 bits per heavy atom. The van der Waals surface area contributed by atoms with Gasteiger partial charge in [0.2, 0.25) is 0 Å². The fourth-order valence-corrected chi connectivity index (χ4v) is 6.24. The molecule has 0 spiro atoms. The molecule has 2 fully saturated rings. The molecule has 0 aliphatic heterocycles. The zero-order valence-corrected chi connectivity index (χ0v) is 19.1. The quantitative estimate of drug-likeness (QED) is 0.450. The Balaban J connectivity index is 1.21. The minimum Gasteiger partial charge on any atom is -0.494 e. The van der Waals surface area contributed by atoms with Crippen molar-refractivity contribution >= 4 is 0 Å². The van der Waals surface area contributed by atoms with Crippen molar-refractivity contribution in [2.45, 2.75) is 83.5 Å². The number of rotatable bonds is 7. The molecule has 162 valence electrons. The maximum Gasteiger partial charge on any atom is 0.119 e. The Bertz CT molecular complexity index is 734. The van der Waals surface area contributed by atoms with Crippen LogP contribution in [-0.4, -0.2) is 6.61 Å². The van der Waals surface area contributed by atoms with Gasteiger partial charge < -0.3 is 4.74 Å². The van der Waals surface area contributed by atoms with Gasteiger partial charge in [-0.1, -0.05) is 62.2 Å². The summed E-state index contributed by atoms with van der Waals surface area (Å²) in [4.78, 5) is 0. The topological polar surface area (TPSA) is 9.23 Å². The minimum absolute atomic E-state index is 0.706. The summed E-state index contributed by atoms with van der Waals surface area (Å²) in [6, 6.07) is 20.0. The van der Waals surface area contributed by atoms with Crippen LogP contribution in [0.3, 0.4) is 0 Å². The van der Waals surface area contributed by atoms with Gasteiger partial charge in [-0.3, -0.25) is 0 Å². The highest BCUT2D eigenvalue weighted by Gasteiger charge is 2.31. The summed E-state index contributed by atoms with van der Waals surface area (Å²) in [6.07, 6.45) is 12.9. The van der Waals surface area contributed by atoms with Gasteiger partial charge in [-0.2, -0.15) is 0 Å². The molecule has 0 bridgehead atoms. The van der Waals surface area contributed by atoms with E-state index in [2.05, 4.69) is 61.5 Å². The molecule has 30 heavy (non-hydrogen) atoms. The van der Waals surface area contributed by atoms with Crippen molar-refractivity contribution < 1.29 is 4.74 Å². The van der Waals surface area contributed by atoms with E-state index in [4.69, 9.17) is 4.74 Å². The van der Waals surface area contributed by atoms with Gasteiger partial charge in [0.1, 0.15) is 5.75 Å². The maximum absolute atomic E-state index is 5.60. The first-order valence-electron chi connectivity index (χ1n) is 12.5. The Morgan fingerprint density at radius 2 is 1.37 bits per heavy atom. The number of hydrogen-bond donors (Lipinski definition) is 0. The first kappa shape index (κ1) is 21.5. The van der Waals surface area contributed by atoms with Gasteiger partial charge in [-0.15, -0.1) is 0 Å². The molecule has 0 saturated heterocycles. The van der Waals surface area contributed by atoms with Crippen molar-refractivity contribution in [3.63, 3.8) is 0 Å². The first-order chi connectivity index (χ1) is 14.7. The van der Waals surface area contributed by atoms with Gasteiger partial charge in [-0.25, -0.2) is 0 Å². The van der Waals surface area contributed by atoms with Gasteiger partial charge in [-0.05, 0) is 105 Å². The summed E-state index contributed by atoms with van der Waals surface area (Å²) < 4.78 is 5.60. The van der Waals surface area contributed by atoms with Crippen LogP contribution in [-0.2, 0) is 0 Å². The highest BCUT2D eigenvalue weighted by atomic mass is 16.5. The molecule has 4 rings (SSSR count). The van der Waals surface area contributed by atoms with E-state index in [1.54, 1.807) is 0 Å². The molecule has 0 unspecified atom stereocenters. The normalized spacial score (nSPS) is 28.1. The minimum atomic E-state index is 0.706. The van der Waals surface area contributed by atoms with E-state index in [0.717, 1.165) is 36.0 Å². The smallest absolute Gasteiger partial charge is 0.119 e. The summed E-state index contributed by atoms with van der Waals surface area (Å²) in [5, 5.41) is 0. The van der Waals surface area contributed by atoms with Crippen molar-refractivity contribution in [1.82, 2.24) is 0 Å². The lowest BCUT2D eigenvalue weighted by Crippen LogP contribution is -2.25. The van der Waals surface area contributed by atoms with Crippen LogP contribution in [0.5, 0.6) is 5.75 Å². The Kier molecular flexibility index (Phi) is 7.52. The highest BCUT2D eigenvalue weighted by molar-refractivity contribution is 5.29. The molecule has 2 aliphatic carbocycles. The van der Waals surface area contributed by atoms with Gasteiger partial charge in [0.25, 0.3) is 0 Å². The predicted octanol–water partition coefficient (Wildman–Crippen LogP) is 8.36. The average molecular weight is 405 g/mol. The van der Waals surface area contributed by atoms with Crippen molar-refractivity contribution in [2.75, 3.05) is 6.61 Å². The first-order valence-corrected chi connectivity index (χ1v) is 12.5. The lowest BCUT2D eigenvalue weighted by Gasteiger charge is -2.38. The summed E-state index contributed by atoms with van der Waals surface area (Å²) >= 11 is 0. The van der Waals surface area contributed by atoms with E-state index in [9.17, 15) is 0 Å². The number of hydrogen-bond acceptors (Lipinski definition) is 1. The number of benzene rings is 2. The summed E-state index contributed by atoms with van der Waals surface area (Å²) in [7, 11) is 0. The molecular weight excluding hydrogens is 364 g/mol. The fourth-order valence-electron chi connectivity index (χ4n) is 6.24. The van der Waals surface area contributed by atoms with E-state index in [0.29, 0.717) is 5.92 Å². The van der Waals surface area contributed by atoms with Crippen molar-refractivity contribution in [2.24, 2.45) is 17.8 Å². The molecule has 0 N–H and O–H groups in total. The van der Waals surface area contributed by atoms with Gasteiger partial charge >= 0.3 is 0 Å². The molecule has 0 radical (unpaired) electrons. The molecule has 0 aromatic heterocycles. The van der Waals surface area contributed by atoms with Crippen molar-refractivity contribution in [3.05, 3.63) is 65.7 Å². The van der Waals surface area contributed by atoms with Crippen LogP contribution in [0.15, 0.2) is 54.6 Å². The van der Waals surface area contributed by atoms with E-state index in [-0.39, 0.29) is 0 Å². The second-order valence-corrected chi connectivity index (χ2v) is 9.94. The zero-order chi connectivity index (χ0) is 20.8. The van der Waals surface area contributed by atoms with Crippen LogP contribution in [0, 0.1) is 17.8 Å². The SMILES string of the molecule is CCOc1ccc(C2CCC(C3CCC(C[C@H](C)c4ccccc4)CC3)CC2)cc1. The van der Waals surface area contributed by atoms with Crippen LogP contribution in [0.2, 0.25) is 0 Å². The second kappa shape index (κ2) is 10.5. The zero-order valence-electron chi connectivity index (χ0n) is 19.1. The standard InChI is InChI=1S/C29H40O/c1-3-30-29-19-17-28(18-20-29)27-15-13-26(14-16-27)25-11-9-23(10-12-25)21-22(2)24-7-5-4-6-8-24/h4-8,17-20,22-23,25-27H,3,9-16,21H2,1-2H3/t22-,23?,25?,26?,27?/m0/s1. The molecule has 2 aromatic rings. The third-order valence-electron chi connectivity index (χ3n) is 8.05. The molecule has 2 aromatic carbocycles. The Labute approximate surface area is 184 Å². The van der Waals surface area contributed by atoms with Crippen LogP contribution < -0.4 is 4.74 Å². The Morgan fingerprint density at radius 1 is 0.767 bits per heavy atom. The van der Waals surface area contributed by atoms with Crippen LogP contribution in [0.25, 0.3) is 0 Å².